The molecule has 2 aromatic rings. The van der Waals surface area contributed by atoms with Crippen LogP contribution in [-0.2, 0) is 6.61 Å². The number of hydrogen-bond acceptors (Lipinski definition) is 2. The van der Waals surface area contributed by atoms with Crippen molar-refractivity contribution in [2.24, 2.45) is 0 Å². The van der Waals surface area contributed by atoms with Crippen LogP contribution >= 0.6 is 0 Å². The maximum atomic E-state index is 13.0. The van der Waals surface area contributed by atoms with Crippen molar-refractivity contribution in [1.29, 1.82) is 0 Å². The molecule has 0 aromatic heterocycles. The molecule has 2 nitrogen and oxygen atoms in total. The quantitative estimate of drug-likeness (QED) is 0.875. The lowest BCUT2D eigenvalue weighted by atomic mass is 10.1. The number of hydrogen-bond donors (Lipinski definition) is 1. The molecule has 0 aliphatic heterocycles. The number of halogens is 2. The van der Waals surface area contributed by atoms with Crippen molar-refractivity contribution < 1.29 is 18.6 Å². The van der Waals surface area contributed by atoms with Crippen LogP contribution < -0.4 is 4.74 Å². The lowest BCUT2D eigenvalue weighted by molar-refractivity contribution is 0.302. The number of aliphatic hydroxyl groups is 1. The minimum Gasteiger partial charge on any atom is -0.489 e. The second kappa shape index (κ2) is 7.41. The van der Waals surface area contributed by atoms with E-state index in [1.54, 1.807) is 0 Å². The highest BCUT2D eigenvalue weighted by molar-refractivity contribution is 5.36. The number of ether oxygens (including phenoxy) is 1. The van der Waals surface area contributed by atoms with Gasteiger partial charge in [0.25, 0.3) is 0 Å². The highest BCUT2D eigenvalue weighted by Gasteiger charge is 2.02. The maximum absolute atomic E-state index is 13.0. The summed E-state index contributed by atoms with van der Waals surface area (Å²) in [6, 6.07) is 10.4. The molecule has 0 radical (unpaired) electrons. The lowest BCUT2D eigenvalue weighted by Gasteiger charge is -2.06. The summed E-state index contributed by atoms with van der Waals surface area (Å²) in [6.45, 7) is 0.260. The Bertz CT molecular complexity index is 634. The summed E-state index contributed by atoms with van der Waals surface area (Å²) in [5.41, 5.74) is 1.70. The van der Waals surface area contributed by atoms with Gasteiger partial charge in [-0.1, -0.05) is 24.0 Å². The fraction of sp³-hybridized carbons (Fsp3) is 0.176. The van der Waals surface area contributed by atoms with Crippen molar-refractivity contribution >= 4 is 0 Å². The molecule has 2 aromatic carbocycles. The van der Waals surface area contributed by atoms with Crippen LogP contribution in [0.5, 0.6) is 5.75 Å². The lowest BCUT2D eigenvalue weighted by Crippen LogP contribution is -1.96. The molecular formula is C17H14F2O2. The van der Waals surface area contributed by atoms with Gasteiger partial charge in [0, 0.05) is 30.2 Å². The van der Waals surface area contributed by atoms with E-state index in [2.05, 4.69) is 11.8 Å². The standard InChI is InChI=1S/C17H14F2O2/c18-15-9-16(19)11-17(10-15)21-12-14-6-4-13(5-7-14)3-1-2-8-20/h4-7,9-11,20H,2,8,12H2. The van der Waals surface area contributed by atoms with Crippen molar-refractivity contribution in [2.75, 3.05) is 6.61 Å². The van der Waals surface area contributed by atoms with Gasteiger partial charge in [-0.15, -0.1) is 0 Å². The molecular weight excluding hydrogens is 274 g/mol. The zero-order valence-electron chi connectivity index (χ0n) is 11.3. The molecule has 4 heteroatoms. The average Bonchev–Trinajstić information content (AvgIpc) is 2.46. The van der Waals surface area contributed by atoms with E-state index in [0.717, 1.165) is 29.3 Å². The predicted molar refractivity (Wildman–Crippen MR) is 75.7 cm³/mol. The van der Waals surface area contributed by atoms with Gasteiger partial charge in [0.15, 0.2) is 0 Å². The topological polar surface area (TPSA) is 29.5 Å². The molecule has 0 amide bonds. The average molecular weight is 288 g/mol. The molecule has 0 heterocycles. The van der Waals surface area contributed by atoms with Crippen LogP contribution in [0.2, 0.25) is 0 Å². The number of aliphatic hydroxyl groups excluding tert-OH is 1. The van der Waals surface area contributed by atoms with E-state index in [-0.39, 0.29) is 19.0 Å². The van der Waals surface area contributed by atoms with Crippen LogP contribution in [0, 0.1) is 23.5 Å². The van der Waals surface area contributed by atoms with Gasteiger partial charge in [-0.05, 0) is 17.7 Å². The molecule has 0 atom stereocenters. The summed E-state index contributed by atoms with van der Waals surface area (Å²) in [4.78, 5) is 0. The SMILES string of the molecule is OCCC#Cc1ccc(COc2cc(F)cc(F)c2)cc1. The molecule has 108 valence electrons. The number of rotatable bonds is 4. The van der Waals surface area contributed by atoms with Gasteiger partial charge in [0.1, 0.15) is 24.0 Å². The number of benzene rings is 2. The molecule has 0 saturated carbocycles. The molecule has 0 unspecified atom stereocenters. The molecule has 0 spiro atoms. The van der Waals surface area contributed by atoms with E-state index in [9.17, 15) is 8.78 Å². The molecule has 1 N–H and O–H groups in total. The molecule has 0 fully saturated rings. The Morgan fingerprint density at radius 2 is 1.67 bits per heavy atom. The van der Waals surface area contributed by atoms with Crippen LogP contribution in [0.1, 0.15) is 17.5 Å². The van der Waals surface area contributed by atoms with Gasteiger partial charge in [-0.25, -0.2) is 8.78 Å². The van der Waals surface area contributed by atoms with Crippen molar-refractivity contribution in [1.82, 2.24) is 0 Å². The van der Waals surface area contributed by atoms with Gasteiger partial charge in [0.2, 0.25) is 0 Å². The summed E-state index contributed by atoms with van der Waals surface area (Å²) >= 11 is 0. The van der Waals surface area contributed by atoms with E-state index in [0.29, 0.717) is 6.42 Å². The Kier molecular flexibility index (Phi) is 5.30. The Hall–Kier alpha value is -2.38. The Balaban J connectivity index is 1.96. The summed E-state index contributed by atoms with van der Waals surface area (Å²) in [5.74, 6) is 4.56. The predicted octanol–water partition coefficient (Wildman–Crippen LogP) is 3.28. The van der Waals surface area contributed by atoms with Gasteiger partial charge in [-0.3, -0.25) is 0 Å². The first-order valence-electron chi connectivity index (χ1n) is 6.45. The molecule has 0 saturated heterocycles. The van der Waals surface area contributed by atoms with Crippen LogP contribution in [-0.4, -0.2) is 11.7 Å². The third-order valence-corrected chi connectivity index (χ3v) is 2.67. The zero-order valence-corrected chi connectivity index (χ0v) is 11.3. The first kappa shape index (κ1) is 15.0. The highest BCUT2D eigenvalue weighted by Crippen LogP contribution is 2.17. The fourth-order valence-electron chi connectivity index (χ4n) is 1.68. The maximum Gasteiger partial charge on any atom is 0.129 e. The van der Waals surface area contributed by atoms with Crippen LogP contribution in [0.4, 0.5) is 8.78 Å². The van der Waals surface area contributed by atoms with Crippen molar-refractivity contribution in [3.05, 3.63) is 65.2 Å². The summed E-state index contributed by atoms with van der Waals surface area (Å²) < 4.78 is 31.3. The summed E-state index contributed by atoms with van der Waals surface area (Å²) in [5, 5.41) is 8.63. The second-order valence-corrected chi connectivity index (χ2v) is 4.37. The van der Waals surface area contributed by atoms with Crippen molar-refractivity contribution in [3.63, 3.8) is 0 Å². The Morgan fingerprint density at radius 3 is 2.29 bits per heavy atom. The van der Waals surface area contributed by atoms with Crippen LogP contribution in [0.15, 0.2) is 42.5 Å². The Morgan fingerprint density at radius 1 is 1.00 bits per heavy atom. The van der Waals surface area contributed by atoms with E-state index in [1.165, 1.54) is 0 Å². The van der Waals surface area contributed by atoms with E-state index in [4.69, 9.17) is 9.84 Å². The second-order valence-electron chi connectivity index (χ2n) is 4.37. The van der Waals surface area contributed by atoms with Crippen LogP contribution in [0.25, 0.3) is 0 Å². The Labute approximate surface area is 122 Å². The third kappa shape index (κ3) is 4.90. The molecule has 0 aliphatic rings. The van der Waals surface area contributed by atoms with E-state index < -0.39 is 11.6 Å². The van der Waals surface area contributed by atoms with E-state index >= 15 is 0 Å². The van der Waals surface area contributed by atoms with Gasteiger partial charge >= 0.3 is 0 Å². The summed E-state index contributed by atoms with van der Waals surface area (Å²) in [7, 11) is 0. The first-order valence-corrected chi connectivity index (χ1v) is 6.45. The summed E-state index contributed by atoms with van der Waals surface area (Å²) in [6.07, 6.45) is 0.440. The van der Waals surface area contributed by atoms with E-state index in [1.807, 2.05) is 24.3 Å². The first-order chi connectivity index (χ1) is 10.2. The smallest absolute Gasteiger partial charge is 0.129 e. The largest absolute Gasteiger partial charge is 0.489 e. The third-order valence-electron chi connectivity index (χ3n) is 2.67. The van der Waals surface area contributed by atoms with Gasteiger partial charge in [0.05, 0.1) is 6.61 Å². The van der Waals surface area contributed by atoms with Crippen LogP contribution in [0.3, 0.4) is 0 Å². The van der Waals surface area contributed by atoms with Crippen molar-refractivity contribution in [3.8, 4) is 17.6 Å². The molecule has 21 heavy (non-hydrogen) atoms. The molecule has 2 rings (SSSR count). The monoisotopic (exact) mass is 288 g/mol. The highest BCUT2D eigenvalue weighted by atomic mass is 19.1. The fourth-order valence-corrected chi connectivity index (χ4v) is 1.68. The molecule has 0 bridgehead atoms. The molecule has 0 aliphatic carbocycles. The zero-order chi connectivity index (χ0) is 15.1. The van der Waals surface area contributed by atoms with Gasteiger partial charge < -0.3 is 9.84 Å². The normalized spacial score (nSPS) is 9.86. The van der Waals surface area contributed by atoms with Crippen molar-refractivity contribution in [2.45, 2.75) is 13.0 Å². The minimum atomic E-state index is -0.667. The van der Waals surface area contributed by atoms with Gasteiger partial charge in [-0.2, -0.15) is 0 Å². The minimum absolute atomic E-state index is 0.0448.